The summed E-state index contributed by atoms with van der Waals surface area (Å²) in [6.07, 6.45) is 2.08. The van der Waals surface area contributed by atoms with E-state index in [4.69, 9.17) is 26.5 Å². The Morgan fingerprint density at radius 1 is 1.43 bits per heavy atom. The van der Waals surface area contributed by atoms with Gasteiger partial charge in [-0.25, -0.2) is 13.8 Å². The lowest BCUT2D eigenvalue weighted by Crippen LogP contribution is -2.33. The van der Waals surface area contributed by atoms with Crippen molar-refractivity contribution in [1.82, 2.24) is 4.98 Å². The van der Waals surface area contributed by atoms with Crippen molar-refractivity contribution in [2.75, 3.05) is 0 Å². The molecule has 5 nitrogen and oxygen atoms in total. The number of hydrogen-bond donors (Lipinski definition) is 1. The zero-order chi connectivity index (χ0) is 21.8. The molecule has 1 aromatic carbocycles. The third-order valence-electron chi connectivity index (χ3n) is 4.64. The van der Waals surface area contributed by atoms with Gasteiger partial charge in [0.15, 0.2) is 17.7 Å². The fraction of sp³-hybridized carbons (Fsp3) is 0.273. The van der Waals surface area contributed by atoms with Crippen molar-refractivity contribution in [2.45, 2.75) is 32.0 Å². The Morgan fingerprint density at radius 3 is 2.73 bits per heavy atom. The fourth-order valence-corrected chi connectivity index (χ4v) is 3.24. The highest BCUT2D eigenvalue weighted by Gasteiger charge is 2.36. The van der Waals surface area contributed by atoms with Gasteiger partial charge in [-0.3, -0.25) is 4.79 Å². The molecule has 0 radical (unpaired) electrons. The summed E-state index contributed by atoms with van der Waals surface area (Å²) in [6, 6.07) is 7.09. The lowest BCUT2D eigenvalue weighted by molar-refractivity contribution is -0.122. The summed E-state index contributed by atoms with van der Waals surface area (Å²) >= 11 is 5.96. The molecule has 0 saturated carbocycles. The first kappa shape index (κ1) is 21.8. The van der Waals surface area contributed by atoms with Crippen molar-refractivity contribution in [1.29, 1.82) is 0 Å². The number of carbonyl (C=O) groups is 1. The third kappa shape index (κ3) is 4.46. The monoisotopic (exact) mass is 434 g/mol. The molecule has 0 bridgehead atoms. The van der Waals surface area contributed by atoms with Crippen LogP contribution in [0.3, 0.4) is 0 Å². The van der Waals surface area contributed by atoms with Crippen molar-refractivity contribution in [3.8, 4) is 11.3 Å². The van der Waals surface area contributed by atoms with E-state index in [0.717, 1.165) is 17.7 Å². The number of ether oxygens (including phenoxy) is 1. The molecule has 0 fully saturated rings. The van der Waals surface area contributed by atoms with Gasteiger partial charge in [0.1, 0.15) is 23.5 Å². The third-order valence-corrected chi connectivity index (χ3v) is 4.89. The average molecular weight is 435 g/mol. The van der Waals surface area contributed by atoms with Gasteiger partial charge in [0.2, 0.25) is 11.8 Å². The van der Waals surface area contributed by atoms with Gasteiger partial charge in [-0.05, 0) is 30.7 Å². The van der Waals surface area contributed by atoms with Crippen LogP contribution < -0.4 is 5.73 Å². The summed E-state index contributed by atoms with van der Waals surface area (Å²) in [5, 5.41) is 0.587. The molecule has 1 aromatic heterocycles. The molecule has 0 saturated heterocycles. The highest BCUT2D eigenvalue weighted by Crippen LogP contribution is 2.35. The number of rotatable bonds is 8. The first-order chi connectivity index (χ1) is 14.3. The van der Waals surface area contributed by atoms with Gasteiger partial charge in [-0.15, -0.1) is 6.58 Å². The van der Waals surface area contributed by atoms with Crippen molar-refractivity contribution in [2.24, 2.45) is 11.7 Å². The van der Waals surface area contributed by atoms with Crippen LogP contribution in [0.5, 0.6) is 0 Å². The van der Waals surface area contributed by atoms with Crippen molar-refractivity contribution < 1.29 is 22.7 Å². The fourth-order valence-electron chi connectivity index (χ4n) is 3.11. The molecule has 1 amide bonds. The molecule has 30 heavy (non-hydrogen) atoms. The predicted octanol–water partition coefficient (Wildman–Crippen LogP) is 5.38. The summed E-state index contributed by atoms with van der Waals surface area (Å²) < 4.78 is 40.1. The minimum atomic E-state index is -1.84. The van der Waals surface area contributed by atoms with Gasteiger partial charge in [0.05, 0.1) is 0 Å². The number of alkyl halides is 1. The lowest BCUT2D eigenvalue weighted by Gasteiger charge is -2.22. The molecule has 1 aliphatic carbocycles. The molecule has 1 heterocycles. The number of oxazole rings is 1. The zero-order valence-corrected chi connectivity index (χ0v) is 17.0. The maximum absolute atomic E-state index is 14.6. The van der Waals surface area contributed by atoms with Gasteiger partial charge in [0.25, 0.3) is 0 Å². The summed E-state index contributed by atoms with van der Waals surface area (Å²) in [6.45, 7) is 5.53. The first-order valence-electron chi connectivity index (χ1n) is 9.40. The maximum atomic E-state index is 14.6. The van der Waals surface area contributed by atoms with Gasteiger partial charge in [-0.2, -0.15) is 0 Å². The Bertz CT molecular complexity index is 998. The van der Waals surface area contributed by atoms with E-state index in [0.29, 0.717) is 29.3 Å². The molecule has 2 N–H and O–H groups in total. The number of aromatic nitrogens is 1. The number of nitrogens with two attached hydrogens (primary N) is 1. The second-order valence-electron chi connectivity index (χ2n) is 6.73. The Labute approximate surface area is 177 Å². The Morgan fingerprint density at radius 2 is 2.13 bits per heavy atom. The van der Waals surface area contributed by atoms with Crippen molar-refractivity contribution in [3.05, 3.63) is 77.3 Å². The van der Waals surface area contributed by atoms with Crippen LogP contribution in [-0.2, 0) is 16.0 Å². The molecule has 1 aliphatic rings. The van der Waals surface area contributed by atoms with Crippen LogP contribution in [0.2, 0.25) is 5.02 Å². The molecular formula is C22H21ClF2N2O3. The predicted molar refractivity (Wildman–Crippen MR) is 110 cm³/mol. The van der Waals surface area contributed by atoms with Crippen LogP contribution in [0.4, 0.5) is 8.78 Å². The van der Waals surface area contributed by atoms with Crippen molar-refractivity contribution in [3.63, 3.8) is 0 Å². The maximum Gasteiger partial charge on any atom is 0.236 e. The average Bonchev–Trinajstić information content (AvgIpc) is 3.12. The second kappa shape index (κ2) is 9.26. The SMILES string of the molecule is C=CCc1oc(C(CC)OC2=C(F)C(C(N)=O)C(F)C=C2)nc1-c1ccc(Cl)cc1. The van der Waals surface area contributed by atoms with E-state index >= 15 is 0 Å². The molecular weight excluding hydrogens is 414 g/mol. The van der Waals surface area contributed by atoms with Gasteiger partial charge in [-0.1, -0.05) is 36.7 Å². The van der Waals surface area contributed by atoms with E-state index in [-0.39, 0.29) is 11.6 Å². The number of carbonyl (C=O) groups excluding carboxylic acids is 1. The molecule has 158 valence electrons. The van der Waals surface area contributed by atoms with Crippen LogP contribution in [0.15, 0.2) is 65.1 Å². The second-order valence-corrected chi connectivity index (χ2v) is 7.17. The number of halogens is 3. The standard InChI is InChI=1S/C22H21ClF2N2O3/c1-3-5-17-20(12-6-8-13(23)9-7-12)27-22(30-17)15(4-2)29-16-11-10-14(24)18(19(16)25)21(26)28/h3,6-11,14-15,18H,1,4-5H2,2H3,(H2,26,28). The van der Waals surface area contributed by atoms with Gasteiger partial charge < -0.3 is 14.9 Å². The smallest absolute Gasteiger partial charge is 0.236 e. The minimum Gasteiger partial charge on any atom is -0.478 e. The Hall–Kier alpha value is -2.93. The van der Waals surface area contributed by atoms with E-state index in [1.807, 2.05) is 12.1 Å². The highest BCUT2D eigenvalue weighted by molar-refractivity contribution is 6.30. The minimum absolute atomic E-state index is 0.228. The largest absolute Gasteiger partial charge is 0.478 e. The zero-order valence-electron chi connectivity index (χ0n) is 16.3. The van der Waals surface area contributed by atoms with E-state index in [1.165, 1.54) is 0 Å². The molecule has 0 aliphatic heterocycles. The topological polar surface area (TPSA) is 78.4 Å². The number of hydrogen-bond acceptors (Lipinski definition) is 4. The molecule has 0 spiro atoms. The Balaban J connectivity index is 1.94. The highest BCUT2D eigenvalue weighted by atomic mass is 35.5. The lowest BCUT2D eigenvalue weighted by atomic mass is 9.96. The van der Waals surface area contributed by atoms with Crippen LogP contribution >= 0.6 is 11.6 Å². The van der Waals surface area contributed by atoms with Crippen LogP contribution in [0.25, 0.3) is 11.3 Å². The normalized spacial score (nSPS) is 19.6. The van der Waals surface area contributed by atoms with Gasteiger partial charge in [0, 0.05) is 17.0 Å². The number of benzene rings is 1. The van der Waals surface area contributed by atoms with Crippen molar-refractivity contribution >= 4 is 17.5 Å². The van der Waals surface area contributed by atoms with Crippen LogP contribution in [-0.4, -0.2) is 17.1 Å². The van der Waals surface area contributed by atoms with E-state index < -0.39 is 29.9 Å². The number of nitrogens with zero attached hydrogens (tertiary/aromatic N) is 1. The van der Waals surface area contributed by atoms with E-state index in [9.17, 15) is 13.6 Å². The molecule has 3 unspecified atom stereocenters. The van der Waals surface area contributed by atoms with E-state index in [1.54, 1.807) is 25.1 Å². The molecule has 2 aromatic rings. The Kier molecular flexibility index (Phi) is 6.72. The number of allylic oxidation sites excluding steroid dienone is 3. The summed E-state index contributed by atoms with van der Waals surface area (Å²) in [5.74, 6) is -3.34. The first-order valence-corrected chi connectivity index (χ1v) is 9.77. The van der Waals surface area contributed by atoms with Crippen LogP contribution in [0, 0.1) is 5.92 Å². The van der Waals surface area contributed by atoms with Gasteiger partial charge >= 0.3 is 0 Å². The quantitative estimate of drug-likeness (QED) is 0.565. The molecule has 3 atom stereocenters. The summed E-state index contributed by atoms with van der Waals surface area (Å²) in [5.41, 5.74) is 6.51. The number of primary amides is 1. The van der Waals surface area contributed by atoms with E-state index in [2.05, 4.69) is 11.6 Å². The molecule has 8 heteroatoms. The molecule has 3 rings (SSSR count). The summed E-state index contributed by atoms with van der Waals surface area (Å²) in [7, 11) is 0. The summed E-state index contributed by atoms with van der Waals surface area (Å²) in [4.78, 5) is 16.0. The van der Waals surface area contributed by atoms with Crippen LogP contribution in [0.1, 0.15) is 31.1 Å². The number of amides is 1.